The standard InChI is InChI=1S/C16H27FN2O6/c1-15(2,3)11(18-14(24)25-16(4,5)6)12(21)19-7-8(20)9(17)10(19)13(22)23/h8-11,20H,7H2,1-6H3,(H,18,24)(H,22,23)/t8-,9-,10-,11?/m0/s1. The molecular weight excluding hydrogens is 335 g/mol. The number of nitrogens with one attached hydrogen (secondary N) is 1. The van der Waals surface area contributed by atoms with E-state index < -0.39 is 59.9 Å². The van der Waals surface area contributed by atoms with Crippen molar-refractivity contribution in [3.8, 4) is 0 Å². The molecule has 1 aliphatic heterocycles. The molecule has 0 aromatic rings. The van der Waals surface area contributed by atoms with Crippen molar-refractivity contribution in [2.45, 2.75) is 71.5 Å². The van der Waals surface area contributed by atoms with Gasteiger partial charge in [-0.1, -0.05) is 20.8 Å². The lowest BCUT2D eigenvalue weighted by Gasteiger charge is -2.35. The lowest BCUT2D eigenvalue weighted by Crippen LogP contribution is -2.58. The Bertz CT molecular complexity index is 540. The van der Waals surface area contributed by atoms with Crippen LogP contribution in [-0.2, 0) is 14.3 Å². The summed E-state index contributed by atoms with van der Waals surface area (Å²) in [6, 6.07) is -2.95. The number of β-amino-alcohol motifs (C(OH)–C–C–N with tert-alkyl or cyclic N) is 1. The Morgan fingerprint density at radius 3 is 2.12 bits per heavy atom. The van der Waals surface area contributed by atoms with Crippen LogP contribution in [-0.4, -0.2) is 69.6 Å². The molecule has 1 saturated heterocycles. The monoisotopic (exact) mass is 362 g/mol. The van der Waals surface area contributed by atoms with Gasteiger partial charge in [0.2, 0.25) is 5.91 Å². The summed E-state index contributed by atoms with van der Waals surface area (Å²) in [6.45, 7) is 9.52. The molecule has 1 unspecified atom stereocenters. The largest absolute Gasteiger partial charge is 0.480 e. The van der Waals surface area contributed by atoms with E-state index in [1.807, 2.05) is 0 Å². The first kappa shape index (κ1) is 21.1. The molecule has 0 aromatic carbocycles. The molecule has 1 rings (SSSR count). The van der Waals surface area contributed by atoms with Crippen LogP contribution in [0.25, 0.3) is 0 Å². The topological polar surface area (TPSA) is 116 Å². The van der Waals surface area contributed by atoms with Gasteiger partial charge < -0.3 is 25.2 Å². The number of alkyl halides is 1. The van der Waals surface area contributed by atoms with Gasteiger partial charge in [-0.2, -0.15) is 0 Å². The maximum absolute atomic E-state index is 14.0. The fraction of sp³-hybridized carbons (Fsp3) is 0.812. The first-order chi connectivity index (χ1) is 11.1. The van der Waals surface area contributed by atoms with Gasteiger partial charge >= 0.3 is 12.1 Å². The summed E-state index contributed by atoms with van der Waals surface area (Å²) in [5.41, 5.74) is -1.58. The zero-order chi connectivity index (χ0) is 19.7. The number of aliphatic carboxylic acids is 1. The van der Waals surface area contributed by atoms with Crippen molar-refractivity contribution in [1.29, 1.82) is 0 Å². The van der Waals surface area contributed by atoms with E-state index in [2.05, 4.69) is 5.32 Å². The third kappa shape index (κ3) is 5.29. The Hall–Kier alpha value is -1.90. The van der Waals surface area contributed by atoms with Crippen molar-refractivity contribution in [2.75, 3.05) is 6.54 Å². The van der Waals surface area contributed by atoms with Gasteiger partial charge in [0.25, 0.3) is 0 Å². The number of carbonyl (C=O) groups excluding carboxylic acids is 2. The van der Waals surface area contributed by atoms with Crippen molar-refractivity contribution in [1.82, 2.24) is 10.2 Å². The Morgan fingerprint density at radius 1 is 1.20 bits per heavy atom. The van der Waals surface area contributed by atoms with E-state index in [4.69, 9.17) is 4.74 Å². The molecule has 4 atom stereocenters. The summed E-state index contributed by atoms with van der Waals surface area (Å²) >= 11 is 0. The minimum Gasteiger partial charge on any atom is -0.480 e. The number of nitrogens with zero attached hydrogens (tertiary/aromatic N) is 1. The molecule has 0 radical (unpaired) electrons. The third-order valence-corrected chi connectivity index (χ3v) is 3.70. The third-order valence-electron chi connectivity index (χ3n) is 3.70. The molecule has 0 aromatic heterocycles. The molecule has 3 N–H and O–H groups in total. The maximum Gasteiger partial charge on any atom is 0.408 e. The van der Waals surface area contributed by atoms with Crippen LogP contribution in [0, 0.1) is 5.41 Å². The predicted octanol–water partition coefficient (Wildman–Crippen LogP) is 0.920. The molecule has 25 heavy (non-hydrogen) atoms. The van der Waals surface area contributed by atoms with E-state index >= 15 is 0 Å². The number of halogens is 1. The second-order valence-electron chi connectivity index (χ2n) is 8.23. The molecular formula is C16H27FN2O6. The van der Waals surface area contributed by atoms with Gasteiger partial charge in [0.05, 0.1) is 6.54 Å². The van der Waals surface area contributed by atoms with Crippen LogP contribution in [0.3, 0.4) is 0 Å². The molecule has 2 amide bonds. The quantitative estimate of drug-likeness (QED) is 0.687. The van der Waals surface area contributed by atoms with Crippen LogP contribution >= 0.6 is 0 Å². The molecule has 1 fully saturated rings. The van der Waals surface area contributed by atoms with Crippen LogP contribution in [0.2, 0.25) is 0 Å². The highest BCUT2D eigenvalue weighted by Crippen LogP contribution is 2.28. The van der Waals surface area contributed by atoms with Crippen LogP contribution in [0.5, 0.6) is 0 Å². The number of carbonyl (C=O) groups is 3. The van der Waals surface area contributed by atoms with Gasteiger partial charge in [-0.05, 0) is 26.2 Å². The van der Waals surface area contributed by atoms with Crippen LogP contribution in [0.15, 0.2) is 0 Å². The second kappa shape index (κ2) is 7.15. The summed E-state index contributed by atoms with van der Waals surface area (Å²) < 4.78 is 19.1. The summed E-state index contributed by atoms with van der Waals surface area (Å²) in [7, 11) is 0. The van der Waals surface area contributed by atoms with Gasteiger partial charge in [-0.25, -0.2) is 14.0 Å². The van der Waals surface area contributed by atoms with Crippen molar-refractivity contribution in [3.05, 3.63) is 0 Å². The number of carboxylic acids is 1. The fourth-order valence-electron chi connectivity index (χ4n) is 2.53. The molecule has 144 valence electrons. The molecule has 9 heteroatoms. The van der Waals surface area contributed by atoms with Gasteiger partial charge in [-0.15, -0.1) is 0 Å². The van der Waals surface area contributed by atoms with Crippen molar-refractivity contribution in [3.63, 3.8) is 0 Å². The molecule has 1 heterocycles. The lowest BCUT2D eigenvalue weighted by molar-refractivity contribution is -0.151. The Labute approximate surface area is 146 Å². The lowest BCUT2D eigenvalue weighted by atomic mass is 9.85. The minimum absolute atomic E-state index is 0.459. The molecule has 0 saturated carbocycles. The highest BCUT2D eigenvalue weighted by molar-refractivity contribution is 5.91. The summed E-state index contributed by atoms with van der Waals surface area (Å²) in [5.74, 6) is -2.34. The maximum atomic E-state index is 14.0. The molecule has 8 nitrogen and oxygen atoms in total. The number of aliphatic hydroxyl groups is 1. The van der Waals surface area contributed by atoms with E-state index in [0.717, 1.165) is 4.90 Å². The number of rotatable bonds is 3. The van der Waals surface area contributed by atoms with E-state index in [1.165, 1.54) is 0 Å². The zero-order valence-corrected chi connectivity index (χ0v) is 15.4. The Balaban J connectivity index is 3.05. The number of hydrogen-bond donors (Lipinski definition) is 3. The fourth-order valence-corrected chi connectivity index (χ4v) is 2.53. The highest BCUT2D eigenvalue weighted by Gasteiger charge is 2.51. The highest BCUT2D eigenvalue weighted by atomic mass is 19.1. The number of aliphatic hydroxyl groups excluding tert-OH is 1. The number of carboxylic acid groups (broad SMARTS) is 1. The molecule has 0 spiro atoms. The van der Waals surface area contributed by atoms with E-state index in [-0.39, 0.29) is 0 Å². The van der Waals surface area contributed by atoms with Gasteiger partial charge in [0, 0.05) is 0 Å². The summed E-state index contributed by atoms with van der Waals surface area (Å²) in [4.78, 5) is 36.9. The molecule has 0 aliphatic carbocycles. The Morgan fingerprint density at radius 2 is 1.72 bits per heavy atom. The van der Waals surface area contributed by atoms with Crippen molar-refractivity contribution < 1.29 is 33.7 Å². The van der Waals surface area contributed by atoms with E-state index in [9.17, 15) is 29.0 Å². The van der Waals surface area contributed by atoms with Gasteiger partial charge in [-0.3, -0.25) is 4.79 Å². The minimum atomic E-state index is -2.09. The van der Waals surface area contributed by atoms with Crippen LogP contribution in [0.1, 0.15) is 41.5 Å². The number of amides is 2. The van der Waals surface area contributed by atoms with E-state index in [0.29, 0.717) is 0 Å². The van der Waals surface area contributed by atoms with E-state index in [1.54, 1.807) is 41.5 Å². The van der Waals surface area contributed by atoms with Crippen LogP contribution < -0.4 is 5.32 Å². The Kier molecular flexibility index (Phi) is 6.05. The SMILES string of the molecule is CC(C)(C)OC(=O)NC(C(=O)N1C[C@H](O)[C@H](F)[C@H]1C(=O)O)C(C)(C)C. The number of hydrogen-bond acceptors (Lipinski definition) is 5. The summed E-state index contributed by atoms with van der Waals surface area (Å²) in [6.07, 6.45) is -4.53. The summed E-state index contributed by atoms with van der Waals surface area (Å²) in [5, 5.41) is 21.2. The smallest absolute Gasteiger partial charge is 0.408 e. The number of likely N-dealkylation sites (tertiary alicyclic amines) is 1. The van der Waals surface area contributed by atoms with Crippen molar-refractivity contribution >= 4 is 18.0 Å². The average Bonchev–Trinajstić information content (AvgIpc) is 2.68. The second-order valence-corrected chi connectivity index (χ2v) is 8.23. The molecule has 1 aliphatic rings. The number of ether oxygens (including phenoxy) is 1. The van der Waals surface area contributed by atoms with Gasteiger partial charge in [0.15, 0.2) is 12.2 Å². The number of alkyl carbamates (subject to hydrolysis) is 1. The van der Waals surface area contributed by atoms with Gasteiger partial charge in [0.1, 0.15) is 17.7 Å². The first-order valence-corrected chi connectivity index (χ1v) is 8.00. The first-order valence-electron chi connectivity index (χ1n) is 8.00. The predicted molar refractivity (Wildman–Crippen MR) is 86.7 cm³/mol. The zero-order valence-electron chi connectivity index (χ0n) is 15.4. The van der Waals surface area contributed by atoms with Crippen molar-refractivity contribution in [2.24, 2.45) is 5.41 Å². The van der Waals surface area contributed by atoms with Crippen LogP contribution in [0.4, 0.5) is 9.18 Å². The average molecular weight is 362 g/mol. The molecule has 0 bridgehead atoms. The normalized spacial score (nSPS) is 25.4.